The Labute approximate surface area is 140 Å². The summed E-state index contributed by atoms with van der Waals surface area (Å²) in [6, 6.07) is 8.76. The fourth-order valence-corrected chi connectivity index (χ4v) is 3.84. The topological polar surface area (TPSA) is 26.8 Å². The number of carbonyl (C=O) groups excluding carboxylic acids is 1. The fourth-order valence-electron chi connectivity index (χ4n) is 3.84. The van der Waals surface area contributed by atoms with Crippen LogP contribution >= 0.6 is 0 Å². The molecule has 2 aliphatic heterocycles. The molecule has 1 unspecified atom stereocenters. The van der Waals surface area contributed by atoms with Crippen molar-refractivity contribution < 1.29 is 4.79 Å². The van der Waals surface area contributed by atoms with E-state index in [9.17, 15) is 4.79 Å². The van der Waals surface area contributed by atoms with Crippen molar-refractivity contribution in [2.24, 2.45) is 0 Å². The summed E-state index contributed by atoms with van der Waals surface area (Å²) in [5.41, 5.74) is 2.26. The lowest BCUT2D eigenvalue weighted by molar-refractivity contribution is -0.123. The van der Waals surface area contributed by atoms with E-state index < -0.39 is 0 Å². The van der Waals surface area contributed by atoms with Crippen molar-refractivity contribution in [3.63, 3.8) is 0 Å². The zero-order valence-corrected chi connectivity index (χ0v) is 14.7. The van der Waals surface area contributed by atoms with E-state index in [-0.39, 0.29) is 11.9 Å². The van der Waals surface area contributed by atoms with Gasteiger partial charge >= 0.3 is 0 Å². The van der Waals surface area contributed by atoms with Gasteiger partial charge in [-0.2, -0.15) is 0 Å². The van der Waals surface area contributed by atoms with Crippen molar-refractivity contribution >= 4 is 17.3 Å². The zero-order chi connectivity index (χ0) is 16.4. The maximum atomic E-state index is 13.1. The molecule has 0 spiro atoms. The minimum Gasteiger partial charge on any atom is -0.366 e. The van der Waals surface area contributed by atoms with E-state index in [2.05, 4.69) is 48.8 Å². The van der Waals surface area contributed by atoms with Crippen LogP contribution in [-0.2, 0) is 4.79 Å². The van der Waals surface area contributed by atoms with Gasteiger partial charge in [0.05, 0.1) is 17.4 Å². The molecule has 0 bridgehead atoms. The average Bonchev–Trinajstić information content (AvgIpc) is 2.60. The normalized spacial score (nSPS) is 20.5. The Morgan fingerprint density at radius 3 is 2.22 bits per heavy atom. The predicted molar refractivity (Wildman–Crippen MR) is 96.2 cm³/mol. The van der Waals surface area contributed by atoms with E-state index in [1.165, 1.54) is 24.9 Å². The smallest absolute Gasteiger partial charge is 0.244 e. The van der Waals surface area contributed by atoms with Gasteiger partial charge in [0.25, 0.3) is 0 Å². The van der Waals surface area contributed by atoms with Crippen molar-refractivity contribution in [3.05, 3.63) is 24.3 Å². The first-order valence-electron chi connectivity index (χ1n) is 9.00. The Morgan fingerprint density at radius 1 is 0.913 bits per heavy atom. The summed E-state index contributed by atoms with van der Waals surface area (Å²) in [6.45, 7) is 10.3. The molecule has 2 heterocycles. The molecule has 1 aromatic carbocycles. The Hall–Kier alpha value is -1.55. The number of benzene rings is 1. The van der Waals surface area contributed by atoms with Crippen LogP contribution in [0.4, 0.5) is 11.4 Å². The Morgan fingerprint density at radius 2 is 1.57 bits per heavy atom. The van der Waals surface area contributed by atoms with Crippen molar-refractivity contribution in [2.45, 2.75) is 52.1 Å². The maximum Gasteiger partial charge on any atom is 0.244 e. The van der Waals surface area contributed by atoms with Crippen LogP contribution < -0.4 is 9.80 Å². The first kappa shape index (κ1) is 16.3. The number of para-hydroxylation sites is 2. The number of piperidine rings is 1. The van der Waals surface area contributed by atoms with Crippen molar-refractivity contribution in [3.8, 4) is 0 Å². The van der Waals surface area contributed by atoms with Crippen LogP contribution in [0, 0.1) is 0 Å². The van der Waals surface area contributed by atoms with Crippen LogP contribution in [0.2, 0.25) is 0 Å². The molecule has 0 aliphatic carbocycles. The number of nitrogens with zero attached hydrogens (tertiary/aromatic N) is 3. The van der Waals surface area contributed by atoms with E-state index in [1.807, 2.05) is 11.0 Å². The fraction of sp³-hybridized carbons (Fsp3) is 0.632. The number of fused-ring (bicyclic) bond motifs is 1. The van der Waals surface area contributed by atoms with Gasteiger partial charge in [-0.1, -0.05) is 18.6 Å². The van der Waals surface area contributed by atoms with Gasteiger partial charge in [0, 0.05) is 19.1 Å². The molecular formula is C19H29N3O. The Kier molecular flexibility index (Phi) is 4.90. The molecular weight excluding hydrogens is 286 g/mol. The van der Waals surface area contributed by atoms with Gasteiger partial charge in [-0.15, -0.1) is 0 Å². The number of rotatable bonds is 3. The molecule has 3 rings (SSSR count). The Balaban J connectivity index is 1.82. The summed E-state index contributed by atoms with van der Waals surface area (Å²) in [5, 5.41) is 0. The largest absolute Gasteiger partial charge is 0.366 e. The van der Waals surface area contributed by atoms with Crippen molar-refractivity contribution in [1.29, 1.82) is 0 Å². The van der Waals surface area contributed by atoms with E-state index in [0.29, 0.717) is 6.04 Å². The van der Waals surface area contributed by atoms with E-state index in [4.69, 9.17) is 0 Å². The summed E-state index contributed by atoms with van der Waals surface area (Å²) < 4.78 is 0. The third-order valence-electron chi connectivity index (χ3n) is 5.23. The third kappa shape index (κ3) is 3.23. The molecule has 23 heavy (non-hydrogen) atoms. The predicted octanol–water partition coefficient (Wildman–Crippen LogP) is 3.12. The molecule has 4 nitrogen and oxygen atoms in total. The van der Waals surface area contributed by atoms with Crippen LogP contribution in [0.1, 0.15) is 40.0 Å². The second-order valence-corrected chi connectivity index (χ2v) is 7.04. The maximum absolute atomic E-state index is 13.1. The van der Waals surface area contributed by atoms with Crippen LogP contribution in [0.25, 0.3) is 0 Å². The van der Waals surface area contributed by atoms with Crippen molar-refractivity contribution in [1.82, 2.24) is 4.90 Å². The first-order chi connectivity index (χ1) is 11.1. The van der Waals surface area contributed by atoms with E-state index in [0.717, 1.165) is 31.9 Å². The number of likely N-dealkylation sites (tertiary alicyclic amines) is 1. The van der Waals surface area contributed by atoms with Gasteiger partial charge in [0.2, 0.25) is 5.91 Å². The summed E-state index contributed by atoms with van der Waals surface area (Å²) in [5.74, 6) is 0.253. The molecule has 2 aliphatic rings. The highest BCUT2D eigenvalue weighted by Crippen LogP contribution is 2.34. The van der Waals surface area contributed by atoms with Gasteiger partial charge in [-0.25, -0.2) is 0 Å². The lowest BCUT2D eigenvalue weighted by Crippen LogP contribution is -2.53. The highest BCUT2D eigenvalue weighted by molar-refractivity contribution is 6.00. The average molecular weight is 315 g/mol. The van der Waals surface area contributed by atoms with Gasteiger partial charge in [0.1, 0.15) is 0 Å². The quantitative estimate of drug-likeness (QED) is 0.857. The molecule has 0 saturated carbocycles. The summed E-state index contributed by atoms with van der Waals surface area (Å²) in [4.78, 5) is 19.9. The van der Waals surface area contributed by atoms with E-state index in [1.54, 1.807) is 0 Å². The molecule has 1 atom stereocenters. The SMILES string of the molecule is CC(C(=O)N1CCN(C(C)C)c2ccccc21)N1CCCCC1. The first-order valence-corrected chi connectivity index (χ1v) is 9.00. The molecule has 1 saturated heterocycles. The standard InChI is InChI=1S/C19H29N3O/c1-15(2)21-13-14-22(18-10-6-5-9-17(18)21)19(23)16(3)20-11-7-4-8-12-20/h5-6,9-10,15-16H,4,7-8,11-14H2,1-3H3. The molecule has 0 N–H and O–H groups in total. The monoisotopic (exact) mass is 315 g/mol. The van der Waals surface area contributed by atoms with Gasteiger partial charge in [0.15, 0.2) is 0 Å². The second kappa shape index (κ2) is 6.91. The van der Waals surface area contributed by atoms with Crippen LogP contribution in [0.3, 0.4) is 0 Å². The van der Waals surface area contributed by atoms with Gasteiger partial charge in [-0.05, 0) is 58.8 Å². The molecule has 1 fully saturated rings. The highest BCUT2D eigenvalue weighted by atomic mass is 16.2. The summed E-state index contributed by atoms with van der Waals surface area (Å²) >= 11 is 0. The van der Waals surface area contributed by atoms with Crippen molar-refractivity contribution in [2.75, 3.05) is 36.0 Å². The van der Waals surface area contributed by atoms with Crippen LogP contribution in [0.15, 0.2) is 24.3 Å². The third-order valence-corrected chi connectivity index (χ3v) is 5.23. The molecule has 1 amide bonds. The Bertz CT molecular complexity index is 551. The number of hydrogen-bond donors (Lipinski definition) is 0. The number of carbonyl (C=O) groups is 1. The molecule has 0 aromatic heterocycles. The summed E-state index contributed by atoms with van der Waals surface area (Å²) in [6.07, 6.45) is 3.73. The van der Waals surface area contributed by atoms with E-state index >= 15 is 0 Å². The molecule has 1 aromatic rings. The number of amides is 1. The zero-order valence-electron chi connectivity index (χ0n) is 14.7. The molecule has 0 radical (unpaired) electrons. The second-order valence-electron chi connectivity index (χ2n) is 7.04. The lowest BCUT2D eigenvalue weighted by atomic mass is 10.1. The minimum absolute atomic E-state index is 0.0195. The highest BCUT2D eigenvalue weighted by Gasteiger charge is 2.32. The molecule has 4 heteroatoms. The summed E-state index contributed by atoms with van der Waals surface area (Å²) in [7, 11) is 0. The minimum atomic E-state index is -0.0195. The van der Waals surface area contributed by atoms with Gasteiger partial charge in [-0.3, -0.25) is 9.69 Å². The van der Waals surface area contributed by atoms with Crippen LogP contribution in [-0.4, -0.2) is 49.1 Å². The van der Waals surface area contributed by atoms with Crippen LogP contribution in [0.5, 0.6) is 0 Å². The number of anilines is 2. The lowest BCUT2D eigenvalue weighted by Gasteiger charge is -2.42. The molecule has 126 valence electrons. The van der Waals surface area contributed by atoms with Gasteiger partial charge < -0.3 is 9.80 Å². The number of hydrogen-bond acceptors (Lipinski definition) is 3.